The van der Waals surface area contributed by atoms with Crippen LogP contribution in [0.2, 0.25) is 5.02 Å². The van der Waals surface area contributed by atoms with Gasteiger partial charge < -0.3 is 10.2 Å². The molecule has 22 heavy (non-hydrogen) atoms. The van der Waals surface area contributed by atoms with Crippen molar-refractivity contribution in [1.82, 2.24) is 9.88 Å². The van der Waals surface area contributed by atoms with Gasteiger partial charge in [0, 0.05) is 24.7 Å². The zero-order chi connectivity index (χ0) is 16.3. The van der Waals surface area contributed by atoms with E-state index in [2.05, 4.69) is 10.3 Å². The fraction of sp³-hybridized carbons (Fsp3) is 0.562. The summed E-state index contributed by atoms with van der Waals surface area (Å²) in [7, 11) is 0. The molecule has 1 N–H and O–H groups in total. The molecular formula is C16H22ClN3O2. The van der Waals surface area contributed by atoms with Crippen molar-refractivity contribution in [3.8, 4) is 0 Å². The number of nitrogens with zero attached hydrogens (tertiary/aromatic N) is 2. The molecule has 0 spiro atoms. The van der Waals surface area contributed by atoms with Gasteiger partial charge in [-0.3, -0.25) is 9.59 Å². The van der Waals surface area contributed by atoms with E-state index in [0.717, 1.165) is 19.4 Å². The Hall–Kier alpha value is -1.62. The van der Waals surface area contributed by atoms with Crippen LogP contribution in [-0.2, 0) is 9.59 Å². The monoisotopic (exact) mass is 323 g/mol. The number of nitrogens with one attached hydrogen (secondary N) is 1. The first-order valence-electron chi connectivity index (χ1n) is 7.49. The molecule has 1 aromatic rings. The number of pyridine rings is 1. The van der Waals surface area contributed by atoms with E-state index in [-0.39, 0.29) is 17.7 Å². The molecule has 0 aromatic carbocycles. The molecule has 1 aliphatic rings. The summed E-state index contributed by atoms with van der Waals surface area (Å²) in [6, 6.07) is 3.35. The van der Waals surface area contributed by atoms with Crippen molar-refractivity contribution in [2.24, 2.45) is 11.3 Å². The van der Waals surface area contributed by atoms with E-state index >= 15 is 0 Å². The van der Waals surface area contributed by atoms with Crippen LogP contribution in [0.4, 0.5) is 5.82 Å². The number of amides is 2. The van der Waals surface area contributed by atoms with Crippen molar-refractivity contribution in [1.29, 1.82) is 0 Å². The maximum Gasteiger partial charge on any atom is 0.230 e. The summed E-state index contributed by atoms with van der Waals surface area (Å²) >= 11 is 5.77. The number of carbonyl (C=O) groups is 2. The second-order valence-electron chi connectivity index (χ2n) is 6.69. The Balaban J connectivity index is 1.98. The number of hydrogen-bond donors (Lipinski definition) is 1. The fourth-order valence-electron chi connectivity index (χ4n) is 2.53. The first-order chi connectivity index (χ1) is 10.3. The van der Waals surface area contributed by atoms with E-state index in [1.54, 1.807) is 17.0 Å². The van der Waals surface area contributed by atoms with E-state index in [1.807, 2.05) is 20.8 Å². The van der Waals surface area contributed by atoms with E-state index in [1.165, 1.54) is 6.20 Å². The maximum absolute atomic E-state index is 12.4. The predicted octanol–water partition coefficient (Wildman–Crippen LogP) is 2.96. The van der Waals surface area contributed by atoms with E-state index in [4.69, 9.17) is 11.6 Å². The minimum absolute atomic E-state index is 0.0922. The standard InChI is InChI=1S/C16H22ClN3O2/c1-16(2,3)15(22)20-8-4-5-11(10-20)14(21)19-13-7-6-12(17)9-18-13/h6-7,9,11H,4-5,8,10H2,1-3H3,(H,18,19,21). The first-order valence-corrected chi connectivity index (χ1v) is 7.87. The molecule has 5 nitrogen and oxygen atoms in total. The van der Waals surface area contributed by atoms with Gasteiger partial charge in [0.25, 0.3) is 0 Å². The van der Waals surface area contributed by atoms with Crippen LogP contribution in [0, 0.1) is 11.3 Å². The molecule has 1 atom stereocenters. The Morgan fingerprint density at radius 1 is 1.36 bits per heavy atom. The van der Waals surface area contributed by atoms with Crippen LogP contribution >= 0.6 is 11.6 Å². The lowest BCUT2D eigenvalue weighted by molar-refractivity contribution is -0.142. The molecule has 0 bridgehead atoms. The van der Waals surface area contributed by atoms with Crippen molar-refractivity contribution in [3.05, 3.63) is 23.4 Å². The summed E-state index contributed by atoms with van der Waals surface area (Å²) in [5, 5.41) is 3.32. The third kappa shape index (κ3) is 4.19. The molecule has 1 fully saturated rings. The molecule has 1 aromatic heterocycles. The second-order valence-corrected chi connectivity index (χ2v) is 7.13. The lowest BCUT2D eigenvalue weighted by atomic mass is 9.91. The van der Waals surface area contributed by atoms with Gasteiger partial charge in [0.15, 0.2) is 0 Å². The van der Waals surface area contributed by atoms with Gasteiger partial charge in [0.1, 0.15) is 5.82 Å². The molecular weight excluding hydrogens is 302 g/mol. The molecule has 0 saturated carbocycles. The summed E-state index contributed by atoms with van der Waals surface area (Å²) in [4.78, 5) is 30.6. The quantitative estimate of drug-likeness (QED) is 0.910. The fourth-order valence-corrected chi connectivity index (χ4v) is 2.64. The van der Waals surface area contributed by atoms with E-state index in [9.17, 15) is 9.59 Å². The number of rotatable bonds is 2. The molecule has 2 amide bonds. The average molecular weight is 324 g/mol. The van der Waals surface area contributed by atoms with Crippen LogP contribution in [0.1, 0.15) is 33.6 Å². The van der Waals surface area contributed by atoms with Crippen LogP contribution in [0.25, 0.3) is 0 Å². The smallest absolute Gasteiger partial charge is 0.230 e. The van der Waals surface area contributed by atoms with Crippen LogP contribution in [0.3, 0.4) is 0 Å². The number of carbonyl (C=O) groups excluding carboxylic acids is 2. The van der Waals surface area contributed by atoms with Crippen molar-refractivity contribution in [2.45, 2.75) is 33.6 Å². The van der Waals surface area contributed by atoms with Crippen molar-refractivity contribution in [2.75, 3.05) is 18.4 Å². The minimum Gasteiger partial charge on any atom is -0.341 e. The number of piperidine rings is 1. The van der Waals surface area contributed by atoms with Crippen LogP contribution in [0.15, 0.2) is 18.3 Å². The normalized spacial score (nSPS) is 18.9. The van der Waals surface area contributed by atoms with Crippen molar-refractivity contribution >= 4 is 29.2 Å². The third-order valence-electron chi connectivity index (χ3n) is 3.70. The number of halogens is 1. The second kappa shape index (κ2) is 6.65. The Labute approximate surface area is 136 Å². The molecule has 2 rings (SSSR count). The largest absolute Gasteiger partial charge is 0.341 e. The summed E-state index contributed by atoms with van der Waals surface area (Å²) in [6.07, 6.45) is 3.12. The van der Waals surface area contributed by atoms with Gasteiger partial charge in [0.2, 0.25) is 11.8 Å². The highest BCUT2D eigenvalue weighted by atomic mass is 35.5. The van der Waals surface area contributed by atoms with Crippen molar-refractivity contribution in [3.63, 3.8) is 0 Å². The van der Waals surface area contributed by atoms with Gasteiger partial charge >= 0.3 is 0 Å². The first kappa shape index (κ1) is 16.7. The molecule has 1 aliphatic heterocycles. The Morgan fingerprint density at radius 3 is 2.68 bits per heavy atom. The molecule has 1 unspecified atom stereocenters. The molecule has 1 saturated heterocycles. The number of likely N-dealkylation sites (tertiary alicyclic amines) is 1. The Kier molecular flexibility index (Phi) is 5.06. The van der Waals surface area contributed by atoms with Gasteiger partial charge in [-0.15, -0.1) is 0 Å². The summed E-state index contributed by atoms with van der Waals surface area (Å²) in [5.74, 6) is 0.280. The summed E-state index contributed by atoms with van der Waals surface area (Å²) in [6.45, 7) is 6.89. The SMILES string of the molecule is CC(C)(C)C(=O)N1CCCC(C(=O)Nc2ccc(Cl)cn2)C1. The van der Waals surface area contributed by atoms with Gasteiger partial charge in [-0.05, 0) is 25.0 Å². The molecule has 6 heteroatoms. The zero-order valence-electron chi connectivity index (χ0n) is 13.2. The Morgan fingerprint density at radius 2 is 2.09 bits per heavy atom. The van der Waals surface area contributed by atoms with Gasteiger partial charge in [-0.1, -0.05) is 32.4 Å². The number of anilines is 1. The van der Waals surface area contributed by atoms with Crippen molar-refractivity contribution < 1.29 is 9.59 Å². The molecule has 0 radical (unpaired) electrons. The lowest BCUT2D eigenvalue weighted by Gasteiger charge is -2.35. The van der Waals surface area contributed by atoms with Gasteiger partial charge in [-0.2, -0.15) is 0 Å². The maximum atomic E-state index is 12.4. The summed E-state index contributed by atoms with van der Waals surface area (Å²) < 4.78 is 0. The van der Waals surface area contributed by atoms with E-state index < -0.39 is 5.41 Å². The molecule has 2 heterocycles. The Bertz CT molecular complexity index is 552. The lowest BCUT2D eigenvalue weighted by Crippen LogP contribution is -2.47. The third-order valence-corrected chi connectivity index (χ3v) is 3.92. The van der Waals surface area contributed by atoms with E-state index in [0.29, 0.717) is 17.4 Å². The number of hydrogen-bond acceptors (Lipinski definition) is 3. The van der Waals surface area contributed by atoms with Crippen LogP contribution < -0.4 is 5.32 Å². The highest BCUT2D eigenvalue weighted by Gasteiger charge is 2.33. The topological polar surface area (TPSA) is 62.3 Å². The number of aromatic nitrogens is 1. The molecule has 120 valence electrons. The predicted molar refractivity (Wildman–Crippen MR) is 86.6 cm³/mol. The highest BCUT2D eigenvalue weighted by Crippen LogP contribution is 2.24. The summed E-state index contributed by atoms with van der Waals surface area (Å²) in [5.41, 5.74) is -0.421. The highest BCUT2D eigenvalue weighted by molar-refractivity contribution is 6.30. The minimum atomic E-state index is -0.421. The van der Waals surface area contributed by atoms with Crippen LogP contribution in [0.5, 0.6) is 0 Å². The molecule has 0 aliphatic carbocycles. The van der Waals surface area contributed by atoms with Crippen LogP contribution in [-0.4, -0.2) is 34.8 Å². The van der Waals surface area contributed by atoms with Gasteiger partial charge in [-0.25, -0.2) is 4.98 Å². The zero-order valence-corrected chi connectivity index (χ0v) is 14.0. The average Bonchev–Trinajstić information content (AvgIpc) is 2.48. The van der Waals surface area contributed by atoms with Gasteiger partial charge in [0.05, 0.1) is 10.9 Å².